The molecule has 178 valence electrons. The number of likely N-dealkylation sites (tertiary alicyclic amines) is 1. The highest BCUT2D eigenvalue weighted by Gasteiger charge is 2.46. The second-order valence-corrected chi connectivity index (χ2v) is 8.20. The van der Waals surface area contributed by atoms with E-state index in [2.05, 4.69) is 0 Å². The van der Waals surface area contributed by atoms with Crippen LogP contribution in [0.4, 0.5) is 0 Å². The predicted octanol–water partition coefficient (Wildman–Crippen LogP) is 3.79. The van der Waals surface area contributed by atoms with Gasteiger partial charge in [-0.1, -0.05) is 36.4 Å². The van der Waals surface area contributed by atoms with E-state index in [0.717, 1.165) is 5.56 Å². The van der Waals surface area contributed by atoms with Crippen LogP contribution in [0.15, 0.2) is 72.3 Å². The van der Waals surface area contributed by atoms with Crippen LogP contribution in [-0.2, 0) is 16.1 Å². The van der Waals surface area contributed by atoms with E-state index in [-0.39, 0.29) is 29.4 Å². The molecule has 8 nitrogen and oxygen atoms in total. The van der Waals surface area contributed by atoms with Crippen molar-refractivity contribution in [1.29, 1.82) is 0 Å². The third-order valence-corrected chi connectivity index (χ3v) is 6.07. The van der Waals surface area contributed by atoms with Crippen molar-refractivity contribution in [1.82, 2.24) is 4.90 Å². The summed E-state index contributed by atoms with van der Waals surface area (Å²) in [4.78, 5) is 27.9. The van der Waals surface area contributed by atoms with E-state index in [1.54, 1.807) is 30.3 Å². The number of hydrogen-bond acceptors (Lipinski definition) is 7. The fraction of sp³-hybridized carbons (Fsp3) is 0.185. The number of aliphatic hydroxyl groups excluding tert-OH is 1. The summed E-state index contributed by atoms with van der Waals surface area (Å²) in [7, 11) is 1.41. The van der Waals surface area contributed by atoms with Gasteiger partial charge >= 0.3 is 0 Å². The lowest BCUT2D eigenvalue weighted by Crippen LogP contribution is -2.29. The van der Waals surface area contributed by atoms with Crippen LogP contribution in [0.2, 0.25) is 0 Å². The van der Waals surface area contributed by atoms with Gasteiger partial charge in [0.2, 0.25) is 0 Å². The summed E-state index contributed by atoms with van der Waals surface area (Å²) in [6.07, 6.45) is 0. The first kappa shape index (κ1) is 22.3. The molecular formula is C27H23NO7. The van der Waals surface area contributed by atoms with Gasteiger partial charge in [-0.25, -0.2) is 0 Å². The normalized spacial score (nSPS) is 18.5. The SMILES string of the molecule is COc1cc(C2C(=C(O)c3ccc4c(c3)OCCO4)C(=O)C(=O)N2Cc2ccccc2)ccc1O. The Morgan fingerprint density at radius 3 is 2.49 bits per heavy atom. The molecule has 3 aromatic carbocycles. The second-order valence-electron chi connectivity index (χ2n) is 8.20. The molecule has 0 saturated carbocycles. The predicted molar refractivity (Wildman–Crippen MR) is 126 cm³/mol. The number of ether oxygens (including phenoxy) is 3. The van der Waals surface area contributed by atoms with Gasteiger partial charge in [0.1, 0.15) is 19.0 Å². The molecule has 0 aromatic heterocycles. The van der Waals surface area contributed by atoms with Crippen molar-refractivity contribution >= 4 is 17.4 Å². The third-order valence-electron chi connectivity index (χ3n) is 6.07. The smallest absolute Gasteiger partial charge is 0.295 e. The van der Waals surface area contributed by atoms with Crippen molar-refractivity contribution in [3.05, 3.63) is 89.0 Å². The first-order valence-corrected chi connectivity index (χ1v) is 11.1. The third kappa shape index (κ3) is 4.03. The molecule has 0 aliphatic carbocycles. The Morgan fingerprint density at radius 2 is 1.74 bits per heavy atom. The molecule has 1 saturated heterocycles. The number of phenols is 1. The zero-order valence-corrected chi connectivity index (χ0v) is 18.9. The van der Waals surface area contributed by atoms with Crippen molar-refractivity contribution in [2.45, 2.75) is 12.6 Å². The van der Waals surface area contributed by atoms with Crippen LogP contribution >= 0.6 is 0 Å². The molecule has 2 aliphatic heterocycles. The molecule has 1 amide bonds. The van der Waals surface area contributed by atoms with Crippen molar-refractivity contribution in [2.24, 2.45) is 0 Å². The fourth-order valence-electron chi connectivity index (χ4n) is 4.38. The maximum atomic E-state index is 13.3. The highest BCUT2D eigenvalue weighted by Crippen LogP contribution is 2.43. The summed E-state index contributed by atoms with van der Waals surface area (Å²) < 4.78 is 16.4. The number of carbonyl (C=O) groups is 2. The van der Waals surface area contributed by atoms with Crippen molar-refractivity contribution in [2.75, 3.05) is 20.3 Å². The van der Waals surface area contributed by atoms with E-state index in [9.17, 15) is 19.8 Å². The van der Waals surface area contributed by atoms with Crippen molar-refractivity contribution in [3.63, 3.8) is 0 Å². The number of fused-ring (bicyclic) bond motifs is 1. The molecule has 3 aromatic rings. The number of methoxy groups -OCH3 is 1. The zero-order chi connectivity index (χ0) is 24.5. The van der Waals surface area contributed by atoms with Gasteiger partial charge < -0.3 is 29.3 Å². The lowest BCUT2D eigenvalue weighted by atomic mass is 9.94. The summed E-state index contributed by atoms with van der Waals surface area (Å²) in [6.45, 7) is 0.939. The van der Waals surface area contributed by atoms with Crippen LogP contribution in [-0.4, -0.2) is 47.1 Å². The summed E-state index contributed by atoms with van der Waals surface area (Å²) in [6, 6.07) is 17.8. The minimum absolute atomic E-state index is 0.0599. The van der Waals surface area contributed by atoms with Crippen LogP contribution in [0.1, 0.15) is 22.7 Å². The second kappa shape index (κ2) is 9.06. The highest BCUT2D eigenvalue weighted by molar-refractivity contribution is 6.46. The Morgan fingerprint density at radius 1 is 1.00 bits per heavy atom. The first-order chi connectivity index (χ1) is 17.0. The van der Waals surface area contributed by atoms with Crippen LogP contribution in [0.5, 0.6) is 23.0 Å². The molecule has 1 atom stereocenters. The number of rotatable bonds is 5. The highest BCUT2D eigenvalue weighted by atomic mass is 16.6. The minimum atomic E-state index is -0.905. The molecule has 1 unspecified atom stereocenters. The first-order valence-electron chi connectivity index (χ1n) is 11.1. The number of ketones is 1. The number of amides is 1. The topological polar surface area (TPSA) is 106 Å². The molecule has 0 radical (unpaired) electrons. The monoisotopic (exact) mass is 473 g/mol. The molecule has 0 spiro atoms. The van der Waals surface area contributed by atoms with E-state index in [0.29, 0.717) is 35.8 Å². The average molecular weight is 473 g/mol. The van der Waals surface area contributed by atoms with Crippen molar-refractivity contribution < 1.29 is 34.0 Å². The van der Waals surface area contributed by atoms with Gasteiger partial charge in [-0.05, 0) is 41.5 Å². The van der Waals surface area contributed by atoms with E-state index in [1.165, 1.54) is 18.1 Å². The van der Waals surface area contributed by atoms with E-state index in [4.69, 9.17) is 14.2 Å². The maximum absolute atomic E-state index is 13.3. The van der Waals surface area contributed by atoms with Crippen LogP contribution < -0.4 is 14.2 Å². The molecule has 0 bridgehead atoms. The van der Waals surface area contributed by atoms with Gasteiger partial charge in [-0.15, -0.1) is 0 Å². The minimum Gasteiger partial charge on any atom is -0.507 e. The van der Waals surface area contributed by atoms with E-state index in [1.807, 2.05) is 30.3 Å². The molecule has 2 N–H and O–H groups in total. The molecule has 2 aliphatic rings. The Kier molecular flexibility index (Phi) is 5.78. The Hall–Kier alpha value is -4.46. The van der Waals surface area contributed by atoms with Gasteiger partial charge in [0.15, 0.2) is 23.0 Å². The maximum Gasteiger partial charge on any atom is 0.295 e. The van der Waals surface area contributed by atoms with E-state index >= 15 is 0 Å². The van der Waals surface area contributed by atoms with Crippen LogP contribution in [0, 0.1) is 0 Å². The Balaban J connectivity index is 1.65. The standard InChI is InChI=1S/C27H23NO7/c1-33-21-13-17(7-9-19(21)29)24-23(25(30)18-8-10-20-22(14-18)35-12-11-34-20)26(31)27(32)28(24)15-16-5-3-2-4-6-16/h2-10,13-14,24,29-30H,11-12,15H2,1H3. The van der Waals surface area contributed by atoms with Gasteiger partial charge in [0.25, 0.3) is 11.7 Å². The zero-order valence-electron chi connectivity index (χ0n) is 18.9. The number of aliphatic hydroxyl groups is 1. The molecule has 5 rings (SSSR count). The summed E-state index contributed by atoms with van der Waals surface area (Å²) in [5.74, 6) is -0.766. The molecule has 2 heterocycles. The van der Waals surface area contributed by atoms with Gasteiger partial charge in [-0.2, -0.15) is 0 Å². The largest absolute Gasteiger partial charge is 0.507 e. The number of Topliss-reactive ketones (excluding diaryl/α,β-unsaturated/α-hetero) is 1. The number of aromatic hydroxyl groups is 1. The Bertz CT molecular complexity index is 1330. The molecular weight excluding hydrogens is 450 g/mol. The fourth-order valence-corrected chi connectivity index (χ4v) is 4.38. The summed E-state index contributed by atoms with van der Waals surface area (Å²) >= 11 is 0. The quantitative estimate of drug-likeness (QED) is 0.330. The summed E-state index contributed by atoms with van der Waals surface area (Å²) in [5.41, 5.74) is 1.59. The number of phenolic OH excluding ortho intramolecular Hbond substituents is 1. The van der Waals surface area contributed by atoms with Crippen LogP contribution in [0.25, 0.3) is 5.76 Å². The molecule has 1 fully saturated rings. The van der Waals surface area contributed by atoms with Crippen molar-refractivity contribution in [3.8, 4) is 23.0 Å². The molecule has 8 heteroatoms. The lowest BCUT2D eigenvalue weighted by Gasteiger charge is -2.26. The number of nitrogens with zero attached hydrogens (tertiary/aromatic N) is 1. The summed E-state index contributed by atoms with van der Waals surface area (Å²) in [5, 5.41) is 21.4. The number of benzene rings is 3. The van der Waals surface area contributed by atoms with Crippen LogP contribution in [0.3, 0.4) is 0 Å². The number of carbonyl (C=O) groups excluding carboxylic acids is 2. The average Bonchev–Trinajstić information content (AvgIpc) is 3.14. The molecule has 35 heavy (non-hydrogen) atoms. The number of hydrogen-bond donors (Lipinski definition) is 2. The Labute approximate surface area is 201 Å². The van der Waals surface area contributed by atoms with Gasteiger partial charge in [-0.3, -0.25) is 9.59 Å². The van der Waals surface area contributed by atoms with E-state index < -0.39 is 17.7 Å². The lowest BCUT2D eigenvalue weighted by molar-refractivity contribution is -0.140. The van der Waals surface area contributed by atoms with Gasteiger partial charge in [0, 0.05) is 12.1 Å². The van der Waals surface area contributed by atoms with Gasteiger partial charge in [0.05, 0.1) is 18.7 Å².